The van der Waals surface area contributed by atoms with Gasteiger partial charge in [0.25, 0.3) is 0 Å². The van der Waals surface area contributed by atoms with Crippen LogP contribution < -0.4 is 118 Å². The topological polar surface area (TPSA) is 92.3 Å². The number of carbonyl (C=O) groups excluding carboxylic acids is 2. The smallest absolute Gasteiger partial charge is 0.550 e. The summed E-state index contributed by atoms with van der Waals surface area (Å²) < 4.78 is 0. The summed E-state index contributed by atoms with van der Waals surface area (Å²) in [5.74, 6) is -2.75. The van der Waals surface area contributed by atoms with Gasteiger partial charge in [-0.1, -0.05) is 90.4 Å². The molecule has 0 aromatic heterocycles. The van der Waals surface area contributed by atoms with E-state index in [2.05, 4.69) is 12.2 Å². The number of aliphatic carboxylic acids is 2. The second kappa shape index (κ2) is 26.2. The third-order valence-electron chi connectivity index (χ3n) is 4.58. The van der Waals surface area contributed by atoms with Crippen molar-refractivity contribution in [3.05, 3.63) is 0 Å². The Morgan fingerprint density at radius 2 is 1.07 bits per heavy atom. The summed E-state index contributed by atoms with van der Waals surface area (Å²) in [5.41, 5.74) is 0. The van der Waals surface area contributed by atoms with Gasteiger partial charge < -0.3 is 25.1 Å². The van der Waals surface area contributed by atoms with Gasteiger partial charge in [0, 0.05) is 12.4 Å². The Morgan fingerprint density at radius 1 is 0.704 bits per heavy atom. The summed E-state index contributed by atoms with van der Waals surface area (Å²) in [6.45, 7) is 2.75. The van der Waals surface area contributed by atoms with E-state index in [1.807, 2.05) is 0 Å². The molecule has 1 atom stereocenters. The molecule has 27 heavy (non-hydrogen) atoms. The molecule has 0 amide bonds. The molecule has 148 valence electrons. The Bertz CT molecular complexity index is 344. The van der Waals surface area contributed by atoms with Gasteiger partial charge in [0.15, 0.2) is 0 Å². The quantitative estimate of drug-likeness (QED) is 0.167. The maximum atomic E-state index is 10.7. The first-order chi connectivity index (χ1) is 12.1. The van der Waals surface area contributed by atoms with Crippen LogP contribution in [0.15, 0.2) is 0 Å². The van der Waals surface area contributed by atoms with Crippen molar-refractivity contribution in [1.82, 2.24) is 5.32 Å². The van der Waals surface area contributed by atoms with E-state index < -0.39 is 24.4 Å². The van der Waals surface area contributed by atoms with Crippen molar-refractivity contribution in [2.75, 3.05) is 6.54 Å². The van der Waals surface area contributed by atoms with E-state index in [4.69, 9.17) is 0 Å². The molecular weight excluding hydrogens is 396 g/mol. The molecular formula is C20H37K2NO4. The van der Waals surface area contributed by atoms with E-state index in [0.717, 1.165) is 19.3 Å². The average Bonchev–Trinajstić information content (AvgIpc) is 2.56. The van der Waals surface area contributed by atoms with Crippen LogP contribution in [0.25, 0.3) is 0 Å². The SMILES string of the molecule is CCCCCCCCCCCCCCCCN[C@@H](CC(=O)[O-])C(=O)[O-].[K+].[K+]. The molecule has 1 N–H and O–H groups in total. The predicted octanol–water partition coefficient (Wildman–Crippen LogP) is -3.68. The first kappa shape index (κ1) is 33.8. The molecule has 0 spiro atoms. The van der Waals surface area contributed by atoms with Crippen molar-refractivity contribution >= 4 is 11.9 Å². The molecule has 0 fully saturated rings. The van der Waals surface area contributed by atoms with E-state index in [9.17, 15) is 19.8 Å². The molecule has 0 aliphatic heterocycles. The third kappa shape index (κ3) is 26.1. The van der Waals surface area contributed by atoms with E-state index in [1.165, 1.54) is 70.6 Å². The van der Waals surface area contributed by atoms with Crippen LogP contribution in [0.1, 0.15) is 103 Å². The van der Waals surface area contributed by atoms with Gasteiger partial charge in [0.1, 0.15) is 0 Å². The van der Waals surface area contributed by atoms with E-state index in [0.29, 0.717) is 6.54 Å². The Balaban J connectivity index is -0.00000288. The van der Waals surface area contributed by atoms with Crippen LogP contribution in [0.2, 0.25) is 0 Å². The van der Waals surface area contributed by atoms with Crippen LogP contribution >= 0.6 is 0 Å². The fraction of sp³-hybridized carbons (Fsp3) is 0.900. The van der Waals surface area contributed by atoms with Gasteiger partial charge >= 0.3 is 103 Å². The molecule has 0 aliphatic carbocycles. The minimum atomic E-state index is -1.38. The second-order valence-electron chi connectivity index (χ2n) is 7.00. The summed E-state index contributed by atoms with van der Waals surface area (Å²) in [7, 11) is 0. The molecule has 0 rings (SSSR count). The molecule has 0 radical (unpaired) electrons. The van der Waals surface area contributed by atoms with Crippen LogP contribution in [-0.4, -0.2) is 24.5 Å². The van der Waals surface area contributed by atoms with E-state index >= 15 is 0 Å². The predicted molar refractivity (Wildman–Crippen MR) is 96.7 cm³/mol. The summed E-state index contributed by atoms with van der Waals surface area (Å²) in [4.78, 5) is 21.2. The number of carboxylic acid groups (broad SMARTS) is 2. The maximum absolute atomic E-state index is 10.7. The van der Waals surface area contributed by atoms with E-state index in [1.54, 1.807) is 0 Å². The molecule has 0 heterocycles. The molecule has 0 saturated heterocycles. The number of hydrogen-bond acceptors (Lipinski definition) is 5. The van der Waals surface area contributed by atoms with Gasteiger partial charge in [-0.25, -0.2) is 0 Å². The average molecular weight is 434 g/mol. The fourth-order valence-corrected chi connectivity index (χ4v) is 3.00. The monoisotopic (exact) mass is 433 g/mol. The molecule has 5 nitrogen and oxygen atoms in total. The van der Waals surface area contributed by atoms with Crippen LogP contribution in [0, 0.1) is 0 Å². The molecule has 0 unspecified atom stereocenters. The van der Waals surface area contributed by atoms with Gasteiger partial charge in [-0.15, -0.1) is 0 Å². The Morgan fingerprint density at radius 3 is 1.41 bits per heavy atom. The minimum Gasteiger partial charge on any atom is -0.550 e. The van der Waals surface area contributed by atoms with Crippen LogP contribution in [0.3, 0.4) is 0 Å². The Kier molecular flexibility index (Phi) is 32.8. The van der Waals surface area contributed by atoms with Gasteiger partial charge in [0.05, 0.1) is 12.0 Å². The molecule has 7 heteroatoms. The van der Waals surface area contributed by atoms with Crippen LogP contribution in [0.5, 0.6) is 0 Å². The van der Waals surface area contributed by atoms with E-state index in [-0.39, 0.29) is 103 Å². The molecule has 0 saturated carbocycles. The Labute approximate surface area is 251 Å². The first-order valence-electron chi connectivity index (χ1n) is 10.2. The largest absolute Gasteiger partial charge is 1.00 e. The van der Waals surface area contributed by atoms with Gasteiger partial charge in [-0.05, 0) is 13.0 Å². The van der Waals surface area contributed by atoms with Gasteiger partial charge in [-0.2, -0.15) is 0 Å². The fourth-order valence-electron chi connectivity index (χ4n) is 3.00. The maximum Gasteiger partial charge on any atom is 1.00 e. The van der Waals surface area contributed by atoms with Crippen LogP contribution in [0.4, 0.5) is 0 Å². The number of nitrogens with one attached hydrogen (secondary N) is 1. The standard InChI is InChI=1S/C20H39NO4.2K/c1-2-3-4-5-6-7-8-9-10-11-12-13-14-15-16-21-18(20(24)25)17-19(22)23;;/h18,21H,2-17H2,1H3,(H,22,23)(H,24,25);;/q;2*+1/p-2/t18-;;/m0../s1. The molecule has 0 bridgehead atoms. The number of unbranched alkanes of at least 4 members (excludes halogenated alkanes) is 13. The Hall–Kier alpha value is 2.17. The summed E-state index contributed by atoms with van der Waals surface area (Å²) in [5, 5.41) is 23.9. The summed E-state index contributed by atoms with van der Waals surface area (Å²) in [6, 6.07) is -1.15. The second-order valence-corrected chi connectivity index (χ2v) is 7.00. The first-order valence-corrected chi connectivity index (χ1v) is 10.2. The van der Waals surface area contributed by atoms with Crippen molar-refractivity contribution < 1.29 is 123 Å². The van der Waals surface area contributed by atoms with Crippen LogP contribution in [-0.2, 0) is 9.59 Å². The van der Waals surface area contributed by atoms with Gasteiger partial charge in [-0.3, -0.25) is 0 Å². The molecule has 0 aromatic rings. The number of hydrogen-bond donors (Lipinski definition) is 1. The zero-order chi connectivity index (χ0) is 18.8. The third-order valence-corrected chi connectivity index (χ3v) is 4.58. The number of carbonyl (C=O) groups is 2. The summed E-state index contributed by atoms with van der Waals surface area (Å²) >= 11 is 0. The van der Waals surface area contributed by atoms with Gasteiger partial charge in [0.2, 0.25) is 0 Å². The number of carboxylic acids is 2. The van der Waals surface area contributed by atoms with Crippen molar-refractivity contribution in [2.45, 2.75) is 109 Å². The molecule has 0 aromatic carbocycles. The zero-order valence-electron chi connectivity index (χ0n) is 18.0. The number of rotatable bonds is 19. The minimum absolute atomic E-state index is 0. The van der Waals surface area contributed by atoms with Crippen molar-refractivity contribution in [1.29, 1.82) is 0 Å². The zero-order valence-corrected chi connectivity index (χ0v) is 24.3. The summed E-state index contributed by atoms with van der Waals surface area (Å²) in [6.07, 6.45) is 17.2. The normalized spacial score (nSPS) is 11.3. The van der Waals surface area contributed by atoms with Crippen molar-refractivity contribution in [2.24, 2.45) is 0 Å². The van der Waals surface area contributed by atoms with Crippen molar-refractivity contribution in [3.63, 3.8) is 0 Å². The van der Waals surface area contributed by atoms with Crippen molar-refractivity contribution in [3.8, 4) is 0 Å². The molecule has 0 aliphatic rings.